The number of aromatic nitrogens is 4. The van der Waals surface area contributed by atoms with E-state index in [1.54, 1.807) is 6.20 Å². The number of nitrogens with two attached hydrogens (primary N) is 1. The van der Waals surface area contributed by atoms with Gasteiger partial charge in [-0.05, 0) is 29.8 Å². The Kier molecular flexibility index (Phi) is 4.89. The molecule has 0 saturated carbocycles. The van der Waals surface area contributed by atoms with E-state index in [-0.39, 0.29) is 0 Å². The molecule has 1 aliphatic heterocycles. The summed E-state index contributed by atoms with van der Waals surface area (Å²) >= 11 is 0. The summed E-state index contributed by atoms with van der Waals surface area (Å²) < 4.78 is 7.53. The Hall–Kier alpha value is -2.94. The van der Waals surface area contributed by atoms with Crippen LogP contribution in [0.3, 0.4) is 0 Å². The fourth-order valence-electron chi connectivity index (χ4n) is 3.89. The van der Waals surface area contributed by atoms with Crippen molar-refractivity contribution in [3.8, 4) is 11.3 Å². The third-order valence-corrected chi connectivity index (χ3v) is 5.46. The number of hydrogen-bond donors (Lipinski definition) is 3. The van der Waals surface area contributed by atoms with Crippen LogP contribution in [-0.4, -0.2) is 63.9 Å². The first-order valence-corrected chi connectivity index (χ1v) is 9.99. The summed E-state index contributed by atoms with van der Waals surface area (Å²) in [7, 11) is 0. The van der Waals surface area contributed by atoms with Crippen LogP contribution < -0.4 is 11.1 Å². The molecule has 1 fully saturated rings. The van der Waals surface area contributed by atoms with Crippen molar-refractivity contribution in [1.29, 1.82) is 0 Å². The molecule has 4 N–H and O–H groups in total. The van der Waals surface area contributed by atoms with Crippen LogP contribution in [0.15, 0.2) is 42.7 Å². The minimum absolute atomic E-state index is 0.541. The highest BCUT2D eigenvalue weighted by Gasteiger charge is 2.11. The van der Waals surface area contributed by atoms with Crippen molar-refractivity contribution < 1.29 is 4.74 Å². The van der Waals surface area contributed by atoms with Crippen molar-refractivity contribution in [2.45, 2.75) is 6.54 Å². The first kappa shape index (κ1) is 18.1. The lowest BCUT2D eigenvalue weighted by atomic mass is 10.1. The molecule has 0 radical (unpaired) electrons. The topological polar surface area (TPSA) is 96.5 Å². The van der Waals surface area contributed by atoms with Gasteiger partial charge in [0, 0.05) is 50.7 Å². The van der Waals surface area contributed by atoms with Crippen LogP contribution in [0.4, 0.5) is 5.82 Å². The molecule has 8 nitrogen and oxygen atoms in total. The molecule has 1 aromatic carbocycles. The minimum atomic E-state index is 0.541. The Morgan fingerprint density at radius 1 is 1.14 bits per heavy atom. The maximum Gasteiger partial charge on any atom is 0.148 e. The van der Waals surface area contributed by atoms with Gasteiger partial charge in [0.1, 0.15) is 5.82 Å². The number of nitrogens with one attached hydrogen (secondary N) is 2. The second-order valence-corrected chi connectivity index (χ2v) is 7.41. The fraction of sp³-hybridized carbons (Fsp3) is 0.333. The highest BCUT2D eigenvalue weighted by atomic mass is 16.5. The highest BCUT2D eigenvalue weighted by Crippen LogP contribution is 2.26. The molecule has 0 bridgehead atoms. The van der Waals surface area contributed by atoms with Crippen molar-refractivity contribution >= 4 is 22.4 Å². The number of nitrogens with zero attached hydrogens (tertiary/aromatic N) is 4. The van der Waals surface area contributed by atoms with E-state index in [0.29, 0.717) is 5.82 Å². The smallest absolute Gasteiger partial charge is 0.148 e. The van der Waals surface area contributed by atoms with Gasteiger partial charge in [-0.2, -0.15) is 5.10 Å². The van der Waals surface area contributed by atoms with E-state index in [4.69, 9.17) is 10.5 Å². The molecule has 8 heteroatoms. The zero-order valence-corrected chi connectivity index (χ0v) is 16.3. The van der Waals surface area contributed by atoms with E-state index in [9.17, 15) is 0 Å². The van der Waals surface area contributed by atoms with Crippen LogP contribution in [0.25, 0.3) is 27.8 Å². The van der Waals surface area contributed by atoms with Crippen LogP contribution in [0.5, 0.6) is 0 Å². The number of ether oxygens (including phenoxy) is 1. The number of morpholine rings is 1. The number of benzene rings is 1. The first-order chi connectivity index (χ1) is 14.3. The van der Waals surface area contributed by atoms with E-state index in [1.807, 2.05) is 12.1 Å². The largest absolute Gasteiger partial charge is 0.382 e. The Bertz CT molecular complexity index is 1110. The number of fused-ring (bicyclic) bond motifs is 3. The maximum atomic E-state index is 6.27. The van der Waals surface area contributed by atoms with Crippen LogP contribution in [0.2, 0.25) is 0 Å². The van der Waals surface area contributed by atoms with Crippen molar-refractivity contribution in [3.63, 3.8) is 0 Å². The lowest BCUT2D eigenvalue weighted by Gasteiger charge is -2.26. The number of H-pyrrole nitrogens is 1. The Morgan fingerprint density at radius 2 is 2.03 bits per heavy atom. The number of hydrogen-bond acceptors (Lipinski definition) is 6. The normalized spacial score (nSPS) is 15.4. The lowest BCUT2D eigenvalue weighted by molar-refractivity contribution is 0.0384. The van der Waals surface area contributed by atoms with Gasteiger partial charge in [0.25, 0.3) is 0 Å². The predicted molar refractivity (Wildman–Crippen MR) is 114 cm³/mol. The summed E-state index contributed by atoms with van der Waals surface area (Å²) in [6.45, 7) is 6.52. The first-order valence-electron chi connectivity index (χ1n) is 9.99. The third kappa shape index (κ3) is 3.69. The fourth-order valence-corrected chi connectivity index (χ4v) is 3.89. The summed E-state index contributed by atoms with van der Waals surface area (Å²) in [6.07, 6.45) is 3.89. The molecule has 0 amide bonds. The van der Waals surface area contributed by atoms with Gasteiger partial charge < -0.3 is 20.2 Å². The average molecular weight is 391 g/mol. The number of nitrogen functional groups attached to an aromatic ring is 1. The number of aromatic amines is 1. The zero-order chi connectivity index (χ0) is 19.6. The van der Waals surface area contributed by atoms with Gasteiger partial charge in [0.2, 0.25) is 0 Å². The van der Waals surface area contributed by atoms with Crippen molar-refractivity contribution in [3.05, 3.63) is 48.3 Å². The van der Waals surface area contributed by atoms with Gasteiger partial charge in [-0.3, -0.25) is 10.00 Å². The standard InChI is InChI=1S/C21H25N7O/c22-21-20-11-15(13-23-5-6-27-7-9-29-10-8-27)14-28(20)19-2-1-16(12-18(19)25-21)17-3-4-24-26-17/h1-4,11-12,14,23H,5-10,13H2,(H2,22,25)(H,24,26). The summed E-state index contributed by atoms with van der Waals surface area (Å²) in [6, 6.07) is 10.3. The molecular formula is C21H25N7O. The van der Waals surface area contributed by atoms with Crippen molar-refractivity contribution in [1.82, 2.24) is 29.8 Å². The monoisotopic (exact) mass is 391 g/mol. The molecule has 4 heterocycles. The number of anilines is 1. The van der Waals surface area contributed by atoms with Crippen molar-refractivity contribution in [2.24, 2.45) is 0 Å². The molecule has 1 aliphatic rings. The van der Waals surface area contributed by atoms with E-state index in [1.165, 1.54) is 5.56 Å². The van der Waals surface area contributed by atoms with Crippen LogP contribution in [-0.2, 0) is 11.3 Å². The minimum Gasteiger partial charge on any atom is -0.382 e. The predicted octanol–water partition coefficient (Wildman–Crippen LogP) is 1.88. The van der Waals surface area contributed by atoms with Crippen LogP contribution in [0, 0.1) is 0 Å². The quantitative estimate of drug-likeness (QED) is 0.434. The molecule has 0 aliphatic carbocycles. The summed E-state index contributed by atoms with van der Waals surface area (Å²) in [5.74, 6) is 0.541. The molecule has 1 saturated heterocycles. The van der Waals surface area contributed by atoms with Gasteiger partial charge in [-0.1, -0.05) is 6.07 Å². The second kappa shape index (κ2) is 7.82. The maximum absolute atomic E-state index is 6.27. The van der Waals surface area contributed by atoms with Crippen LogP contribution >= 0.6 is 0 Å². The van der Waals surface area contributed by atoms with Gasteiger partial charge in [-0.25, -0.2) is 4.98 Å². The van der Waals surface area contributed by atoms with Gasteiger partial charge in [0.05, 0.1) is 35.5 Å². The molecule has 0 unspecified atom stereocenters. The van der Waals surface area contributed by atoms with Gasteiger partial charge in [-0.15, -0.1) is 0 Å². The molecule has 5 rings (SSSR count). The molecule has 29 heavy (non-hydrogen) atoms. The van der Waals surface area contributed by atoms with Gasteiger partial charge >= 0.3 is 0 Å². The SMILES string of the molecule is Nc1nc2cc(-c3ccn[nH]3)ccc2n2cc(CNCCN3CCOCC3)cc12. The summed E-state index contributed by atoms with van der Waals surface area (Å²) in [5.41, 5.74) is 12.3. The lowest BCUT2D eigenvalue weighted by Crippen LogP contribution is -2.40. The molecule has 150 valence electrons. The van der Waals surface area contributed by atoms with E-state index >= 15 is 0 Å². The van der Waals surface area contributed by atoms with E-state index in [2.05, 4.69) is 54.2 Å². The van der Waals surface area contributed by atoms with E-state index in [0.717, 1.165) is 73.7 Å². The Morgan fingerprint density at radius 3 is 2.86 bits per heavy atom. The molecule has 0 spiro atoms. The summed E-state index contributed by atoms with van der Waals surface area (Å²) in [4.78, 5) is 7.06. The molecule has 0 atom stereocenters. The average Bonchev–Trinajstić information content (AvgIpc) is 3.42. The summed E-state index contributed by atoms with van der Waals surface area (Å²) in [5, 5.41) is 10.6. The van der Waals surface area contributed by atoms with Crippen LogP contribution in [0.1, 0.15) is 5.56 Å². The third-order valence-electron chi connectivity index (χ3n) is 5.46. The number of rotatable bonds is 6. The highest BCUT2D eigenvalue weighted by molar-refractivity contribution is 5.87. The Labute approximate surface area is 168 Å². The van der Waals surface area contributed by atoms with E-state index < -0.39 is 0 Å². The molecule has 3 aromatic heterocycles. The molecule has 4 aromatic rings. The van der Waals surface area contributed by atoms with Crippen molar-refractivity contribution in [2.75, 3.05) is 45.1 Å². The second-order valence-electron chi connectivity index (χ2n) is 7.41. The molecular weight excluding hydrogens is 366 g/mol. The Balaban J connectivity index is 1.34. The van der Waals surface area contributed by atoms with Gasteiger partial charge in [0.15, 0.2) is 0 Å². The zero-order valence-electron chi connectivity index (χ0n) is 16.3.